The van der Waals surface area contributed by atoms with Crippen molar-refractivity contribution in [3.8, 4) is 0 Å². The predicted octanol–water partition coefficient (Wildman–Crippen LogP) is 4.32. The zero-order valence-corrected chi connectivity index (χ0v) is 20.1. The number of allylic oxidation sites excluding steroid dienone is 2. The van der Waals surface area contributed by atoms with Gasteiger partial charge in [0.1, 0.15) is 12.7 Å². The van der Waals surface area contributed by atoms with Crippen LogP contribution in [0.5, 0.6) is 0 Å². The van der Waals surface area contributed by atoms with E-state index in [1.54, 1.807) is 0 Å². The molecule has 1 aromatic rings. The molecule has 7 heteroatoms. The van der Waals surface area contributed by atoms with Gasteiger partial charge in [0.15, 0.2) is 6.29 Å². The number of ether oxygens (including phenoxy) is 4. The zero-order valence-electron chi connectivity index (χ0n) is 20.1. The Morgan fingerprint density at radius 3 is 2.65 bits per heavy atom. The summed E-state index contributed by atoms with van der Waals surface area (Å²) in [6.45, 7) is 2.38. The van der Waals surface area contributed by atoms with Crippen LogP contribution < -0.4 is 0 Å². The molecule has 1 aliphatic carbocycles. The fraction of sp³-hybridized carbons (Fsp3) is 0.630. The second-order valence-electron chi connectivity index (χ2n) is 9.11. The van der Waals surface area contributed by atoms with Crippen molar-refractivity contribution < 1.29 is 33.6 Å². The molecule has 1 saturated heterocycles. The van der Waals surface area contributed by atoms with Gasteiger partial charge in [-0.1, -0.05) is 42.5 Å². The lowest BCUT2D eigenvalue weighted by atomic mass is 9.91. The van der Waals surface area contributed by atoms with E-state index in [1.807, 2.05) is 36.4 Å². The third-order valence-electron chi connectivity index (χ3n) is 6.53. The molecule has 2 fully saturated rings. The van der Waals surface area contributed by atoms with Crippen molar-refractivity contribution >= 4 is 11.9 Å². The third kappa shape index (κ3) is 8.53. The molecule has 0 radical (unpaired) electrons. The summed E-state index contributed by atoms with van der Waals surface area (Å²) in [5.41, 5.74) is 0.977. The van der Waals surface area contributed by atoms with Crippen molar-refractivity contribution in [2.75, 3.05) is 13.2 Å². The average molecular weight is 475 g/mol. The second-order valence-corrected chi connectivity index (χ2v) is 9.11. The molecule has 188 valence electrons. The van der Waals surface area contributed by atoms with Gasteiger partial charge in [0.25, 0.3) is 0 Å². The Kier molecular flexibility index (Phi) is 11.1. The summed E-state index contributed by atoms with van der Waals surface area (Å²) in [4.78, 5) is 23.6. The van der Waals surface area contributed by atoms with E-state index in [2.05, 4.69) is 6.08 Å². The van der Waals surface area contributed by atoms with Gasteiger partial charge in [-0.05, 0) is 44.1 Å². The number of benzene rings is 1. The van der Waals surface area contributed by atoms with Gasteiger partial charge in [0.2, 0.25) is 0 Å². The first kappa shape index (κ1) is 26.4. The number of carbonyl (C=O) groups excluding carboxylic acids is 2. The maximum atomic E-state index is 11.9. The molecule has 0 bridgehead atoms. The van der Waals surface area contributed by atoms with E-state index >= 15 is 0 Å². The van der Waals surface area contributed by atoms with E-state index in [0.717, 1.165) is 31.2 Å². The number of aliphatic hydroxyl groups is 1. The van der Waals surface area contributed by atoms with E-state index in [-0.39, 0.29) is 48.9 Å². The van der Waals surface area contributed by atoms with Gasteiger partial charge in [-0.3, -0.25) is 9.59 Å². The lowest BCUT2D eigenvalue weighted by Crippen LogP contribution is -2.33. The molecule has 0 spiro atoms. The predicted molar refractivity (Wildman–Crippen MR) is 127 cm³/mol. The Labute approximate surface area is 202 Å². The summed E-state index contributed by atoms with van der Waals surface area (Å²) >= 11 is 0. The first-order valence-electron chi connectivity index (χ1n) is 12.5. The summed E-state index contributed by atoms with van der Waals surface area (Å²) in [7, 11) is 0. The van der Waals surface area contributed by atoms with Crippen molar-refractivity contribution in [2.24, 2.45) is 11.8 Å². The highest BCUT2D eigenvalue weighted by Crippen LogP contribution is 2.40. The lowest BCUT2D eigenvalue weighted by Gasteiger charge is -2.29. The smallest absolute Gasteiger partial charge is 0.306 e. The minimum absolute atomic E-state index is 0.0189. The van der Waals surface area contributed by atoms with Crippen LogP contribution in [0, 0.1) is 11.8 Å². The van der Waals surface area contributed by atoms with Gasteiger partial charge >= 0.3 is 11.9 Å². The fourth-order valence-corrected chi connectivity index (χ4v) is 4.77. The average Bonchev–Trinajstić information content (AvgIpc) is 3.16. The van der Waals surface area contributed by atoms with Gasteiger partial charge in [0, 0.05) is 44.8 Å². The Bertz CT molecular complexity index is 772. The number of hydrogen-bond acceptors (Lipinski definition) is 7. The molecule has 0 amide bonds. The van der Waals surface area contributed by atoms with Crippen molar-refractivity contribution in [3.05, 3.63) is 48.0 Å². The molecule has 1 saturated carbocycles. The van der Waals surface area contributed by atoms with Gasteiger partial charge in [-0.2, -0.15) is 0 Å². The summed E-state index contributed by atoms with van der Waals surface area (Å²) in [5, 5.41) is 10.1. The molecule has 7 nitrogen and oxygen atoms in total. The minimum atomic E-state index is -0.320. The minimum Gasteiger partial charge on any atom is -0.462 e. The SMILES string of the molecule is CC(=O)O[C@H]1C[C@@H](O[C@@H]2CCCCO2)[C@H](CO)[C@H]1C/C=C\CCCC(=O)OCc1ccccc1. The highest BCUT2D eigenvalue weighted by atomic mass is 16.7. The van der Waals surface area contributed by atoms with E-state index in [0.29, 0.717) is 38.9 Å². The summed E-state index contributed by atoms with van der Waals surface area (Å²) in [6, 6.07) is 9.63. The molecule has 1 heterocycles. The highest BCUT2D eigenvalue weighted by molar-refractivity contribution is 5.69. The summed E-state index contributed by atoms with van der Waals surface area (Å²) < 4.78 is 22.8. The van der Waals surface area contributed by atoms with E-state index in [4.69, 9.17) is 18.9 Å². The number of hydrogen-bond donors (Lipinski definition) is 1. The molecular weight excluding hydrogens is 436 g/mol. The molecule has 0 aromatic heterocycles. The second kappa shape index (κ2) is 14.2. The molecule has 1 aliphatic heterocycles. The number of carbonyl (C=O) groups is 2. The number of rotatable bonds is 12. The molecule has 34 heavy (non-hydrogen) atoms. The van der Waals surface area contributed by atoms with Crippen LogP contribution >= 0.6 is 0 Å². The van der Waals surface area contributed by atoms with Crippen LogP contribution in [0.4, 0.5) is 0 Å². The quantitative estimate of drug-likeness (QED) is 0.274. The van der Waals surface area contributed by atoms with Crippen LogP contribution in [-0.2, 0) is 35.1 Å². The van der Waals surface area contributed by atoms with Crippen LogP contribution in [0.2, 0.25) is 0 Å². The van der Waals surface area contributed by atoms with Crippen LogP contribution in [0.1, 0.15) is 63.9 Å². The fourth-order valence-electron chi connectivity index (χ4n) is 4.77. The standard InChI is InChI=1S/C27H38O7/c1-20(29)33-24-17-25(34-27-15-9-10-16-31-27)23(18-28)22(24)13-7-2-3-8-14-26(30)32-19-21-11-5-4-6-12-21/h2,4-7,11-12,22-25,27-28H,3,8-10,13-19H2,1H3/b7-2-/t22-,23-,24+,25-,27-/m1/s1. The monoisotopic (exact) mass is 474 g/mol. The van der Waals surface area contributed by atoms with Crippen LogP contribution in [0.15, 0.2) is 42.5 Å². The largest absolute Gasteiger partial charge is 0.462 e. The molecule has 1 aromatic carbocycles. The summed E-state index contributed by atoms with van der Waals surface area (Å²) in [6.07, 6.45) is 9.39. The molecule has 1 N–H and O–H groups in total. The Hall–Kier alpha value is -2.22. The van der Waals surface area contributed by atoms with Crippen molar-refractivity contribution in [3.63, 3.8) is 0 Å². The Morgan fingerprint density at radius 2 is 1.94 bits per heavy atom. The lowest BCUT2D eigenvalue weighted by molar-refractivity contribution is -0.198. The van der Waals surface area contributed by atoms with Crippen molar-refractivity contribution in [1.29, 1.82) is 0 Å². The molecule has 0 unspecified atom stereocenters. The topological polar surface area (TPSA) is 91.3 Å². The third-order valence-corrected chi connectivity index (χ3v) is 6.53. The molecule has 3 rings (SSSR count). The first-order valence-corrected chi connectivity index (χ1v) is 12.5. The van der Waals surface area contributed by atoms with Crippen LogP contribution in [0.25, 0.3) is 0 Å². The van der Waals surface area contributed by atoms with Gasteiger partial charge < -0.3 is 24.1 Å². The molecular formula is C27H38O7. The summed E-state index contributed by atoms with van der Waals surface area (Å²) in [5.74, 6) is -0.658. The van der Waals surface area contributed by atoms with Crippen molar-refractivity contribution in [1.82, 2.24) is 0 Å². The number of esters is 2. The Balaban J connectivity index is 1.42. The number of unbranched alkanes of at least 4 members (excludes halogenated alkanes) is 1. The number of aliphatic hydroxyl groups excluding tert-OH is 1. The van der Waals surface area contributed by atoms with Gasteiger partial charge in [-0.15, -0.1) is 0 Å². The zero-order chi connectivity index (χ0) is 24.2. The van der Waals surface area contributed by atoms with E-state index in [9.17, 15) is 14.7 Å². The highest BCUT2D eigenvalue weighted by Gasteiger charge is 2.45. The Morgan fingerprint density at radius 1 is 1.12 bits per heavy atom. The first-order chi connectivity index (χ1) is 16.6. The van der Waals surface area contributed by atoms with E-state index in [1.165, 1.54) is 6.92 Å². The van der Waals surface area contributed by atoms with Gasteiger partial charge in [-0.25, -0.2) is 0 Å². The maximum Gasteiger partial charge on any atom is 0.306 e. The maximum absolute atomic E-state index is 11.9. The van der Waals surface area contributed by atoms with Crippen molar-refractivity contribution in [2.45, 2.75) is 83.4 Å². The molecule has 5 atom stereocenters. The van der Waals surface area contributed by atoms with Crippen LogP contribution in [0.3, 0.4) is 0 Å². The van der Waals surface area contributed by atoms with Crippen LogP contribution in [-0.4, -0.2) is 48.8 Å². The molecule has 2 aliphatic rings. The van der Waals surface area contributed by atoms with E-state index < -0.39 is 0 Å². The van der Waals surface area contributed by atoms with Gasteiger partial charge in [0.05, 0.1) is 6.10 Å². The normalized spacial score (nSPS) is 27.1.